The number of nitrogens with zero attached hydrogens (tertiary/aromatic N) is 1. The monoisotopic (exact) mass is 354 g/mol. The Kier molecular flexibility index (Phi) is 5.63. The summed E-state index contributed by atoms with van der Waals surface area (Å²) in [5.74, 6) is 2.02. The van der Waals surface area contributed by atoms with Gasteiger partial charge in [0.05, 0.1) is 19.2 Å². The van der Waals surface area contributed by atoms with E-state index in [9.17, 15) is 4.79 Å². The van der Waals surface area contributed by atoms with Crippen molar-refractivity contribution in [3.05, 3.63) is 54.7 Å². The van der Waals surface area contributed by atoms with Crippen LogP contribution in [0.15, 0.2) is 54.7 Å². The number of carbonyl (C=O) groups is 1. The highest BCUT2D eigenvalue weighted by Crippen LogP contribution is 2.25. The number of aromatic nitrogens is 1. The van der Waals surface area contributed by atoms with Crippen LogP contribution in [0.4, 0.5) is 0 Å². The van der Waals surface area contributed by atoms with Crippen molar-refractivity contribution in [2.24, 2.45) is 7.05 Å². The number of rotatable bonds is 8. The number of nitrogens with one attached hydrogen (secondary N) is 1. The molecule has 0 saturated heterocycles. The largest absolute Gasteiger partial charge is 0.497 e. The van der Waals surface area contributed by atoms with E-state index in [-0.39, 0.29) is 12.5 Å². The van der Waals surface area contributed by atoms with E-state index in [2.05, 4.69) is 5.32 Å². The maximum atomic E-state index is 11.9. The lowest BCUT2D eigenvalue weighted by molar-refractivity contribution is -0.123. The van der Waals surface area contributed by atoms with Gasteiger partial charge in [-0.2, -0.15) is 0 Å². The van der Waals surface area contributed by atoms with Crippen LogP contribution < -0.4 is 19.5 Å². The number of aryl methyl sites for hydroxylation is 1. The molecule has 3 aromatic rings. The first-order valence-corrected chi connectivity index (χ1v) is 8.38. The van der Waals surface area contributed by atoms with E-state index in [1.807, 2.05) is 66.3 Å². The van der Waals surface area contributed by atoms with E-state index in [1.54, 1.807) is 7.11 Å². The number of amides is 1. The molecule has 136 valence electrons. The van der Waals surface area contributed by atoms with Gasteiger partial charge in [-0.3, -0.25) is 4.79 Å². The van der Waals surface area contributed by atoms with Crippen molar-refractivity contribution in [1.29, 1.82) is 0 Å². The van der Waals surface area contributed by atoms with E-state index >= 15 is 0 Å². The number of fused-ring (bicyclic) bond motifs is 1. The topological polar surface area (TPSA) is 61.7 Å². The normalized spacial score (nSPS) is 10.5. The van der Waals surface area contributed by atoms with Gasteiger partial charge in [0, 0.05) is 18.6 Å². The molecule has 0 spiro atoms. The zero-order chi connectivity index (χ0) is 18.4. The fourth-order valence-electron chi connectivity index (χ4n) is 2.63. The van der Waals surface area contributed by atoms with E-state index < -0.39 is 0 Å². The van der Waals surface area contributed by atoms with Gasteiger partial charge in [0.15, 0.2) is 6.61 Å². The highest BCUT2D eigenvalue weighted by atomic mass is 16.5. The van der Waals surface area contributed by atoms with Crippen molar-refractivity contribution in [1.82, 2.24) is 9.88 Å². The van der Waals surface area contributed by atoms with Gasteiger partial charge in [0.25, 0.3) is 5.91 Å². The van der Waals surface area contributed by atoms with Crippen LogP contribution in [-0.2, 0) is 11.8 Å². The highest BCUT2D eigenvalue weighted by molar-refractivity contribution is 5.87. The Labute approximate surface area is 152 Å². The number of benzene rings is 2. The van der Waals surface area contributed by atoms with E-state index in [4.69, 9.17) is 14.2 Å². The lowest BCUT2D eigenvalue weighted by Crippen LogP contribution is -2.32. The Hall–Kier alpha value is -3.15. The second-order valence-electron chi connectivity index (χ2n) is 5.78. The van der Waals surface area contributed by atoms with E-state index in [0.717, 1.165) is 22.4 Å². The zero-order valence-corrected chi connectivity index (χ0v) is 14.9. The average Bonchev–Trinajstić information content (AvgIpc) is 3.06. The molecule has 0 aliphatic rings. The summed E-state index contributed by atoms with van der Waals surface area (Å²) >= 11 is 0. The van der Waals surface area contributed by atoms with Crippen LogP contribution in [0, 0.1) is 0 Å². The minimum Gasteiger partial charge on any atom is -0.497 e. The maximum Gasteiger partial charge on any atom is 0.258 e. The molecule has 0 atom stereocenters. The molecule has 0 aliphatic carbocycles. The van der Waals surface area contributed by atoms with Gasteiger partial charge in [-0.1, -0.05) is 6.07 Å². The Morgan fingerprint density at radius 1 is 1.04 bits per heavy atom. The average molecular weight is 354 g/mol. The quantitative estimate of drug-likeness (QED) is 0.632. The van der Waals surface area contributed by atoms with Gasteiger partial charge in [-0.05, 0) is 42.5 Å². The first-order chi connectivity index (χ1) is 12.7. The molecule has 6 nitrogen and oxygen atoms in total. The standard InChI is InChI=1S/C20H22N2O4/c1-22-12-10-17-18(22)4-3-5-19(17)26-14-20(23)21-11-13-25-16-8-6-15(24-2)7-9-16/h3-10,12H,11,13-14H2,1-2H3,(H,21,23). The van der Waals surface area contributed by atoms with Crippen molar-refractivity contribution in [3.63, 3.8) is 0 Å². The summed E-state index contributed by atoms with van der Waals surface area (Å²) < 4.78 is 18.3. The summed E-state index contributed by atoms with van der Waals surface area (Å²) in [6.07, 6.45) is 1.97. The maximum absolute atomic E-state index is 11.9. The van der Waals surface area contributed by atoms with Crippen molar-refractivity contribution in [2.45, 2.75) is 0 Å². The van der Waals surface area contributed by atoms with Crippen molar-refractivity contribution in [3.8, 4) is 17.2 Å². The summed E-state index contributed by atoms with van der Waals surface area (Å²) in [5.41, 5.74) is 1.07. The molecule has 0 unspecified atom stereocenters. The molecule has 2 aromatic carbocycles. The predicted octanol–water partition coefficient (Wildman–Crippen LogP) is 2.76. The highest BCUT2D eigenvalue weighted by Gasteiger charge is 2.07. The van der Waals surface area contributed by atoms with Crippen LogP contribution in [0.25, 0.3) is 10.9 Å². The van der Waals surface area contributed by atoms with E-state index in [0.29, 0.717) is 18.9 Å². The second kappa shape index (κ2) is 8.29. The minimum atomic E-state index is -0.184. The third-order valence-corrected chi connectivity index (χ3v) is 4.00. The van der Waals surface area contributed by atoms with Gasteiger partial charge >= 0.3 is 0 Å². The SMILES string of the molecule is COc1ccc(OCCNC(=O)COc2cccc3c2ccn3C)cc1. The molecule has 1 amide bonds. The summed E-state index contributed by atoms with van der Waals surface area (Å²) in [6.45, 7) is 0.757. The number of hydrogen-bond acceptors (Lipinski definition) is 4. The first-order valence-electron chi connectivity index (χ1n) is 8.38. The molecule has 0 saturated carbocycles. The van der Waals surface area contributed by atoms with Gasteiger partial charge in [0.1, 0.15) is 23.9 Å². The van der Waals surface area contributed by atoms with Crippen molar-refractivity contribution in [2.75, 3.05) is 26.9 Å². The summed E-state index contributed by atoms with van der Waals surface area (Å²) in [7, 11) is 3.59. The fourth-order valence-corrected chi connectivity index (χ4v) is 2.63. The molecule has 1 aromatic heterocycles. The number of carbonyl (C=O) groups excluding carboxylic acids is 1. The third-order valence-electron chi connectivity index (χ3n) is 4.00. The number of hydrogen-bond donors (Lipinski definition) is 1. The Morgan fingerprint density at radius 3 is 2.58 bits per heavy atom. The van der Waals surface area contributed by atoms with Gasteiger partial charge in [0.2, 0.25) is 0 Å². The molecule has 3 rings (SSSR count). The zero-order valence-electron chi connectivity index (χ0n) is 14.9. The van der Waals surface area contributed by atoms with Crippen molar-refractivity contribution >= 4 is 16.8 Å². The van der Waals surface area contributed by atoms with E-state index in [1.165, 1.54) is 0 Å². The molecule has 26 heavy (non-hydrogen) atoms. The molecule has 0 bridgehead atoms. The molecule has 0 aliphatic heterocycles. The molecule has 6 heteroatoms. The van der Waals surface area contributed by atoms with Crippen LogP contribution >= 0.6 is 0 Å². The molecule has 0 fully saturated rings. The number of methoxy groups -OCH3 is 1. The molecule has 1 N–H and O–H groups in total. The Morgan fingerprint density at radius 2 is 1.81 bits per heavy atom. The Bertz CT molecular complexity index is 871. The van der Waals surface area contributed by atoms with Gasteiger partial charge in [-0.25, -0.2) is 0 Å². The summed E-state index contributed by atoms with van der Waals surface area (Å²) in [4.78, 5) is 11.9. The number of ether oxygens (including phenoxy) is 3. The van der Waals surface area contributed by atoms with Gasteiger partial charge in [-0.15, -0.1) is 0 Å². The van der Waals surface area contributed by atoms with Crippen LogP contribution in [-0.4, -0.2) is 37.3 Å². The first kappa shape index (κ1) is 17.7. The minimum absolute atomic E-state index is 0.0312. The summed E-state index contributed by atoms with van der Waals surface area (Å²) in [5, 5.41) is 3.77. The van der Waals surface area contributed by atoms with Crippen LogP contribution in [0.3, 0.4) is 0 Å². The second-order valence-corrected chi connectivity index (χ2v) is 5.78. The molecule has 1 heterocycles. The lowest BCUT2D eigenvalue weighted by Gasteiger charge is -2.10. The van der Waals surface area contributed by atoms with Gasteiger partial charge < -0.3 is 24.1 Å². The van der Waals surface area contributed by atoms with Crippen molar-refractivity contribution < 1.29 is 19.0 Å². The summed E-state index contributed by atoms with van der Waals surface area (Å²) in [6, 6.07) is 15.1. The molecular weight excluding hydrogens is 332 g/mol. The smallest absolute Gasteiger partial charge is 0.258 e. The Balaban J connectivity index is 1.41. The predicted molar refractivity (Wildman–Crippen MR) is 99.9 cm³/mol. The molecule has 0 radical (unpaired) electrons. The third kappa shape index (κ3) is 4.27. The fraction of sp³-hybridized carbons (Fsp3) is 0.250. The molecular formula is C20H22N2O4. The lowest BCUT2D eigenvalue weighted by atomic mass is 10.2. The van der Waals surface area contributed by atoms with Crippen LogP contribution in [0.1, 0.15) is 0 Å². The van der Waals surface area contributed by atoms with Crippen LogP contribution in [0.2, 0.25) is 0 Å². The van der Waals surface area contributed by atoms with Crippen LogP contribution in [0.5, 0.6) is 17.2 Å².